The number of nitrogens with zero attached hydrogens (tertiary/aromatic N) is 5. The van der Waals surface area contributed by atoms with Crippen LogP contribution >= 0.6 is 11.6 Å². The number of hydrogen-bond acceptors (Lipinski definition) is 5. The monoisotopic (exact) mass is 438 g/mol. The molecule has 2 fully saturated rings. The molecular formula is C15H18ClF3N6O2S. The summed E-state index contributed by atoms with van der Waals surface area (Å²) in [6, 6.07) is 1.04. The van der Waals surface area contributed by atoms with E-state index in [9.17, 15) is 21.6 Å². The zero-order valence-electron chi connectivity index (χ0n) is 14.8. The quantitative estimate of drug-likeness (QED) is 0.784. The minimum Gasteiger partial charge on any atom is -0.354 e. The van der Waals surface area contributed by atoms with E-state index in [4.69, 9.17) is 16.7 Å². The molecule has 154 valence electrons. The van der Waals surface area contributed by atoms with Crippen molar-refractivity contribution in [2.75, 3.05) is 24.5 Å². The molecule has 1 saturated carbocycles. The average Bonchev–Trinajstić information content (AvgIpc) is 2.77. The Hall–Kier alpha value is -1.63. The number of alkyl halides is 3. The molecule has 2 N–H and O–H groups in total. The first kappa shape index (κ1) is 19.7. The molecule has 0 bridgehead atoms. The first-order chi connectivity index (χ1) is 12.9. The fraction of sp³-hybridized carbons (Fsp3) is 0.600. The molecule has 1 spiro atoms. The van der Waals surface area contributed by atoms with E-state index < -0.39 is 29.0 Å². The largest absolute Gasteiger partial charge is 0.402 e. The number of halogens is 4. The van der Waals surface area contributed by atoms with Crippen LogP contribution in [-0.4, -0.2) is 59.2 Å². The first-order valence-electron chi connectivity index (χ1n) is 8.49. The van der Waals surface area contributed by atoms with Gasteiger partial charge in [0, 0.05) is 24.5 Å². The summed E-state index contributed by atoms with van der Waals surface area (Å²) >= 11 is 6.15. The second kappa shape index (κ2) is 6.18. The molecular weight excluding hydrogens is 421 g/mol. The normalized spacial score (nSPS) is 20.0. The van der Waals surface area contributed by atoms with Crippen LogP contribution in [0.15, 0.2) is 12.4 Å². The maximum Gasteiger partial charge on any atom is 0.402 e. The van der Waals surface area contributed by atoms with Gasteiger partial charge in [-0.1, -0.05) is 11.6 Å². The zero-order valence-corrected chi connectivity index (χ0v) is 16.4. The van der Waals surface area contributed by atoms with E-state index in [1.165, 1.54) is 6.33 Å². The van der Waals surface area contributed by atoms with E-state index in [0.29, 0.717) is 41.2 Å². The van der Waals surface area contributed by atoms with Crippen LogP contribution in [0.25, 0.3) is 5.52 Å². The molecule has 0 unspecified atom stereocenters. The number of fused-ring (bicyclic) bond motifs is 1. The molecule has 2 aromatic rings. The summed E-state index contributed by atoms with van der Waals surface area (Å²) in [5.74, 6) is 0.701. The van der Waals surface area contributed by atoms with Crippen molar-refractivity contribution in [3.05, 3.63) is 23.1 Å². The lowest BCUT2D eigenvalue weighted by molar-refractivity contribution is -0.147. The third-order valence-corrected chi connectivity index (χ3v) is 6.79. The summed E-state index contributed by atoms with van der Waals surface area (Å²) in [5.41, 5.74) is 1.46. The molecule has 1 saturated heterocycles. The SMILES string of the molecule is Cc1cc(Cl)n2ncnc(N3CC4(CC(N(CC(F)(F)F)S(N)(=O)=O)C4)C3)c12. The van der Waals surface area contributed by atoms with E-state index in [1.54, 1.807) is 10.6 Å². The van der Waals surface area contributed by atoms with Gasteiger partial charge < -0.3 is 4.90 Å². The molecule has 0 amide bonds. The topological polar surface area (TPSA) is 96.8 Å². The van der Waals surface area contributed by atoms with Crippen molar-refractivity contribution in [1.82, 2.24) is 18.9 Å². The van der Waals surface area contributed by atoms with Gasteiger partial charge in [-0.25, -0.2) is 14.6 Å². The molecule has 1 aliphatic heterocycles. The Bertz CT molecular complexity index is 1030. The van der Waals surface area contributed by atoms with Gasteiger partial charge in [0.25, 0.3) is 10.2 Å². The van der Waals surface area contributed by atoms with Crippen LogP contribution in [0, 0.1) is 12.3 Å². The summed E-state index contributed by atoms with van der Waals surface area (Å²) in [5, 5.41) is 9.59. The molecule has 8 nitrogen and oxygen atoms in total. The number of aromatic nitrogens is 3. The summed E-state index contributed by atoms with van der Waals surface area (Å²) in [6.07, 6.45) is -2.58. The summed E-state index contributed by atoms with van der Waals surface area (Å²) in [7, 11) is -4.43. The molecule has 13 heteroatoms. The maximum atomic E-state index is 12.7. The zero-order chi connectivity index (χ0) is 20.5. The number of rotatable bonds is 4. The lowest BCUT2D eigenvalue weighted by Gasteiger charge is -2.60. The van der Waals surface area contributed by atoms with Gasteiger partial charge in [0.05, 0.1) is 0 Å². The standard InChI is InChI=1S/C15H18ClF3N6O2S/c1-9-2-11(16)25-12(9)13(21-8-22-25)23-5-14(6-23)3-10(4-14)24(28(20,26)27)7-15(17,18)19/h2,8,10H,3-7H2,1H3,(H2,20,26,27). The van der Waals surface area contributed by atoms with Crippen LogP contribution in [-0.2, 0) is 10.2 Å². The van der Waals surface area contributed by atoms with Gasteiger partial charge in [0.15, 0.2) is 5.82 Å². The Morgan fingerprint density at radius 2 is 2.04 bits per heavy atom. The maximum absolute atomic E-state index is 12.7. The van der Waals surface area contributed by atoms with Crippen molar-refractivity contribution in [3.63, 3.8) is 0 Å². The first-order valence-corrected chi connectivity index (χ1v) is 10.4. The van der Waals surface area contributed by atoms with Gasteiger partial charge in [-0.15, -0.1) is 0 Å². The van der Waals surface area contributed by atoms with Crippen LogP contribution in [0.1, 0.15) is 18.4 Å². The van der Waals surface area contributed by atoms with E-state index >= 15 is 0 Å². The lowest BCUT2D eigenvalue weighted by atomic mass is 9.60. The highest BCUT2D eigenvalue weighted by Crippen LogP contribution is 2.52. The molecule has 2 aliphatic rings. The Labute approximate surface area is 164 Å². The Balaban J connectivity index is 1.47. The highest BCUT2D eigenvalue weighted by molar-refractivity contribution is 7.86. The van der Waals surface area contributed by atoms with E-state index in [0.717, 1.165) is 11.1 Å². The number of anilines is 1. The van der Waals surface area contributed by atoms with Crippen molar-refractivity contribution in [2.24, 2.45) is 10.6 Å². The summed E-state index contributed by atoms with van der Waals surface area (Å²) in [4.78, 5) is 6.33. The lowest BCUT2D eigenvalue weighted by Crippen LogP contribution is -2.68. The highest BCUT2D eigenvalue weighted by atomic mass is 35.5. The molecule has 28 heavy (non-hydrogen) atoms. The third kappa shape index (κ3) is 3.31. The molecule has 3 heterocycles. The molecule has 0 aromatic carbocycles. The van der Waals surface area contributed by atoms with Crippen LogP contribution < -0.4 is 10.0 Å². The van der Waals surface area contributed by atoms with E-state index in [1.807, 2.05) is 11.8 Å². The van der Waals surface area contributed by atoms with Crippen LogP contribution in [0.5, 0.6) is 0 Å². The van der Waals surface area contributed by atoms with Crippen molar-refractivity contribution in [1.29, 1.82) is 0 Å². The molecule has 1 aliphatic carbocycles. The molecule has 4 rings (SSSR count). The van der Waals surface area contributed by atoms with E-state index in [2.05, 4.69) is 10.1 Å². The molecule has 0 radical (unpaired) electrons. The van der Waals surface area contributed by atoms with Crippen LogP contribution in [0.3, 0.4) is 0 Å². The Kier molecular flexibility index (Phi) is 4.34. The van der Waals surface area contributed by atoms with Crippen molar-refractivity contribution < 1.29 is 21.6 Å². The van der Waals surface area contributed by atoms with Crippen molar-refractivity contribution >= 4 is 33.1 Å². The predicted molar refractivity (Wildman–Crippen MR) is 96.3 cm³/mol. The van der Waals surface area contributed by atoms with Gasteiger partial charge in [-0.2, -0.15) is 31.0 Å². The predicted octanol–water partition coefficient (Wildman–Crippen LogP) is 1.73. The smallest absolute Gasteiger partial charge is 0.354 e. The van der Waals surface area contributed by atoms with Gasteiger partial charge in [0.2, 0.25) is 0 Å². The molecule has 0 atom stereocenters. The fourth-order valence-electron chi connectivity index (χ4n) is 4.31. The second-order valence-corrected chi connectivity index (χ2v) is 9.50. The third-order valence-electron chi connectivity index (χ3n) is 5.44. The van der Waals surface area contributed by atoms with Gasteiger partial charge in [-0.3, -0.25) is 0 Å². The molecule has 2 aromatic heterocycles. The van der Waals surface area contributed by atoms with Crippen LogP contribution in [0.2, 0.25) is 5.15 Å². The van der Waals surface area contributed by atoms with Gasteiger partial charge >= 0.3 is 6.18 Å². The Morgan fingerprint density at radius 1 is 1.39 bits per heavy atom. The summed E-state index contributed by atoms with van der Waals surface area (Å²) < 4.78 is 63.3. The number of nitrogens with two attached hydrogens (primary N) is 1. The van der Waals surface area contributed by atoms with Crippen molar-refractivity contribution in [3.8, 4) is 0 Å². The number of hydrogen-bond donors (Lipinski definition) is 1. The number of aryl methyl sites for hydroxylation is 1. The van der Waals surface area contributed by atoms with Crippen molar-refractivity contribution in [2.45, 2.75) is 32.0 Å². The fourth-order valence-corrected chi connectivity index (χ4v) is 5.49. The average molecular weight is 439 g/mol. The Morgan fingerprint density at radius 3 is 2.61 bits per heavy atom. The van der Waals surface area contributed by atoms with Gasteiger partial charge in [-0.05, 0) is 31.4 Å². The summed E-state index contributed by atoms with van der Waals surface area (Å²) in [6.45, 7) is 1.47. The van der Waals surface area contributed by atoms with Crippen LogP contribution in [0.4, 0.5) is 19.0 Å². The highest BCUT2D eigenvalue weighted by Gasteiger charge is 2.57. The minimum absolute atomic E-state index is 0.231. The second-order valence-electron chi connectivity index (χ2n) is 7.62. The van der Waals surface area contributed by atoms with Gasteiger partial charge in [0.1, 0.15) is 23.5 Å². The van der Waals surface area contributed by atoms with E-state index in [-0.39, 0.29) is 5.41 Å². The minimum atomic E-state index is -4.64.